The van der Waals surface area contributed by atoms with E-state index in [9.17, 15) is 0 Å². The number of aryl methyl sites for hydroxylation is 1. The van der Waals surface area contributed by atoms with Gasteiger partial charge in [0, 0.05) is 6.42 Å². The molecule has 0 fully saturated rings. The van der Waals surface area contributed by atoms with Crippen LogP contribution in [0.5, 0.6) is 0 Å². The average molecular weight is 185 g/mol. The van der Waals surface area contributed by atoms with Crippen molar-refractivity contribution in [1.29, 1.82) is 5.26 Å². The fourth-order valence-electron chi connectivity index (χ4n) is 1.28. The molecule has 0 aliphatic heterocycles. The molecule has 0 aromatic heterocycles. The third-order valence-corrected chi connectivity index (χ3v) is 2.15. The molecule has 0 aliphatic rings. The molecule has 0 N–H and O–H groups in total. The number of allylic oxidation sites excluding steroid dienone is 1. The maximum absolute atomic E-state index is 8.35. The molecule has 0 heterocycles. The molecule has 0 bridgehead atoms. The second-order valence-electron chi connectivity index (χ2n) is 3.31. The van der Waals surface area contributed by atoms with Crippen LogP contribution in [0.3, 0.4) is 0 Å². The molecule has 0 saturated heterocycles. The first-order valence-corrected chi connectivity index (χ1v) is 4.93. The Hall–Kier alpha value is -1.55. The van der Waals surface area contributed by atoms with E-state index in [1.54, 1.807) is 0 Å². The van der Waals surface area contributed by atoms with E-state index < -0.39 is 0 Å². The van der Waals surface area contributed by atoms with Gasteiger partial charge in [-0.2, -0.15) is 5.26 Å². The number of nitrogens with zero attached hydrogens (tertiary/aromatic N) is 1. The van der Waals surface area contributed by atoms with Crippen molar-refractivity contribution in [1.82, 2.24) is 0 Å². The van der Waals surface area contributed by atoms with Gasteiger partial charge in [-0.1, -0.05) is 36.4 Å². The molecule has 0 amide bonds. The Kier molecular flexibility index (Phi) is 4.50. The number of rotatable bonds is 4. The minimum Gasteiger partial charge on any atom is -0.198 e. The van der Waals surface area contributed by atoms with Crippen LogP contribution in [-0.4, -0.2) is 0 Å². The van der Waals surface area contributed by atoms with Crippen molar-refractivity contribution < 1.29 is 0 Å². The number of hydrogen-bond acceptors (Lipinski definition) is 1. The van der Waals surface area contributed by atoms with Crippen molar-refractivity contribution in [2.75, 3.05) is 0 Å². The molecule has 0 unspecified atom stereocenters. The van der Waals surface area contributed by atoms with Gasteiger partial charge in [-0.3, -0.25) is 0 Å². The van der Waals surface area contributed by atoms with E-state index in [4.69, 9.17) is 5.26 Å². The van der Waals surface area contributed by atoms with E-state index in [-0.39, 0.29) is 0 Å². The molecule has 0 spiro atoms. The zero-order chi connectivity index (χ0) is 10.2. The van der Waals surface area contributed by atoms with Crippen molar-refractivity contribution in [3.05, 3.63) is 41.5 Å². The molecule has 72 valence electrons. The summed E-state index contributed by atoms with van der Waals surface area (Å²) in [7, 11) is 0. The lowest BCUT2D eigenvalue weighted by atomic mass is 10.1. The van der Waals surface area contributed by atoms with Crippen molar-refractivity contribution >= 4 is 6.08 Å². The molecular formula is C13H15N. The van der Waals surface area contributed by atoms with Gasteiger partial charge < -0.3 is 0 Å². The van der Waals surface area contributed by atoms with Gasteiger partial charge in [-0.05, 0) is 30.9 Å². The van der Waals surface area contributed by atoms with Crippen molar-refractivity contribution in [2.24, 2.45) is 0 Å². The fraction of sp³-hybridized carbons (Fsp3) is 0.308. The summed E-state index contributed by atoms with van der Waals surface area (Å²) in [6.45, 7) is 2.11. The monoisotopic (exact) mass is 185 g/mol. The molecule has 1 rings (SSSR count). The second-order valence-corrected chi connectivity index (χ2v) is 3.31. The summed E-state index contributed by atoms with van der Waals surface area (Å²) < 4.78 is 0. The number of benzene rings is 1. The summed E-state index contributed by atoms with van der Waals surface area (Å²) in [6, 6.07) is 10.4. The van der Waals surface area contributed by atoms with Crippen LogP contribution in [0, 0.1) is 18.3 Å². The highest BCUT2D eigenvalue weighted by Gasteiger charge is 1.89. The number of nitriles is 1. The highest BCUT2D eigenvalue weighted by atomic mass is 14.2. The van der Waals surface area contributed by atoms with Gasteiger partial charge in [0.2, 0.25) is 0 Å². The lowest BCUT2D eigenvalue weighted by Gasteiger charge is -1.97. The quantitative estimate of drug-likeness (QED) is 0.656. The first kappa shape index (κ1) is 10.5. The summed E-state index contributed by atoms with van der Waals surface area (Å²) in [5.74, 6) is 0. The lowest BCUT2D eigenvalue weighted by molar-refractivity contribution is 0.879. The highest BCUT2D eigenvalue weighted by Crippen LogP contribution is 2.09. The second kappa shape index (κ2) is 5.99. The fourth-order valence-corrected chi connectivity index (χ4v) is 1.28. The van der Waals surface area contributed by atoms with Crippen LogP contribution in [0.15, 0.2) is 30.3 Å². The first-order valence-electron chi connectivity index (χ1n) is 4.93. The van der Waals surface area contributed by atoms with Crippen molar-refractivity contribution in [3.63, 3.8) is 0 Å². The predicted octanol–water partition coefficient (Wildman–Crippen LogP) is 3.70. The van der Waals surface area contributed by atoms with E-state index in [0.29, 0.717) is 6.42 Å². The van der Waals surface area contributed by atoms with Gasteiger partial charge in [-0.25, -0.2) is 0 Å². The molecule has 0 aliphatic carbocycles. The summed E-state index contributed by atoms with van der Waals surface area (Å²) in [5, 5.41) is 8.35. The van der Waals surface area contributed by atoms with Gasteiger partial charge in [0.25, 0.3) is 0 Å². The third kappa shape index (κ3) is 3.45. The van der Waals surface area contributed by atoms with Crippen LogP contribution in [0.1, 0.15) is 30.4 Å². The molecule has 1 heteroatoms. The average Bonchev–Trinajstić information content (AvgIpc) is 2.20. The summed E-state index contributed by atoms with van der Waals surface area (Å²) in [4.78, 5) is 0. The van der Waals surface area contributed by atoms with Crippen LogP contribution < -0.4 is 0 Å². The van der Waals surface area contributed by atoms with E-state index in [2.05, 4.69) is 37.3 Å². The topological polar surface area (TPSA) is 23.8 Å². The maximum atomic E-state index is 8.35. The normalized spacial score (nSPS) is 10.3. The Balaban J connectivity index is 2.45. The Labute approximate surface area is 85.7 Å². The molecule has 0 saturated carbocycles. The minimum atomic E-state index is 0.651. The molecule has 0 radical (unpaired) electrons. The highest BCUT2D eigenvalue weighted by molar-refractivity contribution is 5.53. The standard InChI is InChI=1S/C13H15N/c1-12-8-5-6-10-13(12)9-4-2-3-7-11-14/h4-6,8-10H,2-3,7H2,1H3/b9-4+. The molecule has 1 aromatic rings. The molecule has 1 nitrogen and oxygen atoms in total. The minimum absolute atomic E-state index is 0.651. The Morgan fingerprint density at radius 1 is 1.36 bits per heavy atom. The van der Waals surface area contributed by atoms with Crippen molar-refractivity contribution in [3.8, 4) is 6.07 Å². The van der Waals surface area contributed by atoms with Gasteiger partial charge in [-0.15, -0.1) is 0 Å². The maximum Gasteiger partial charge on any atom is 0.0621 e. The van der Waals surface area contributed by atoms with Gasteiger partial charge >= 0.3 is 0 Å². The number of unbranched alkanes of at least 4 members (excludes halogenated alkanes) is 2. The predicted molar refractivity (Wildman–Crippen MR) is 59.7 cm³/mol. The summed E-state index contributed by atoms with van der Waals surface area (Å²) in [5.41, 5.74) is 2.56. The Bertz CT molecular complexity index is 344. The van der Waals surface area contributed by atoms with Gasteiger partial charge in [0.15, 0.2) is 0 Å². The van der Waals surface area contributed by atoms with Crippen molar-refractivity contribution in [2.45, 2.75) is 26.2 Å². The Morgan fingerprint density at radius 2 is 2.14 bits per heavy atom. The van der Waals surface area contributed by atoms with E-state index in [1.807, 2.05) is 12.1 Å². The van der Waals surface area contributed by atoms with E-state index in [0.717, 1.165) is 12.8 Å². The molecular weight excluding hydrogens is 170 g/mol. The van der Waals surface area contributed by atoms with Crippen LogP contribution in [0.25, 0.3) is 6.08 Å². The van der Waals surface area contributed by atoms with E-state index in [1.165, 1.54) is 11.1 Å². The third-order valence-electron chi connectivity index (χ3n) is 2.15. The zero-order valence-electron chi connectivity index (χ0n) is 8.53. The van der Waals surface area contributed by atoms with Crippen LogP contribution in [0.4, 0.5) is 0 Å². The van der Waals surface area contributed by atoms with Gasteiger partial charge in [0.05, 0.1) is 6.07 Å². The van der Waals surface area contributed by atoms with E-state index >= 15 is 0 Å². The molecule has 14 heavy (non-hydrogen) atoms. The smallest absolute Gasteiger partial charge is 0.0621 e. The molecule has 0 atom stereocenters. The first-order chi connectivity index (χ1) is 6.84. The number of hydrogen-bond donors (Lipinski definition) is 0. The summed E-state index contributed by atoms with van der Waals surface area (Å²) in [6.07, 6.45) is 6.87. The van der Waals surface area contributed by atoms with Crippen LogP contribution >= 0.6 is 0 Å². The zero-order valence-corrected chi connectivity index (χ0v) is 8.53. The SMILES string of the molecule is Cc1ccccc1/C=C/CCCC#N. The Morgan fingerprint density at radius 3 is 2.86 bits per heavy atom. The summed E-state index contributed by atoms with van der Waals surface area (Å²) >= 11 is 0. The van der Waals surface area contributed by atoms with Crippen LogP contribution in [-0.2, 0) is 0 Å². The van der Waals surface area contributed by atoms with Crippen LogP contribution in [0.2, 0.25) is 0 Å². The lowest BCUT2D eigenvalue weighted by Crippen LogP contribution is -1.78. The largest absolute Gasteiger partial charge is 0.198 e. The molecule has 1 aromatic carbocycles. The van der Waals surface area contributed by atoms with Gasteiger partial charge in [0.1, 0.15) is 0 Å².